The van der Waals surface area contributed by atoms with Crippen LogP contribution in [0.3, 0.4) is 0 Å². The summed E-state index contributed by atoms with van der Waals surface area (Å²) in [5.41, 5.74) is -0.219. The van der Waals surface area contributed by atoms with Gasteiger partial charge in [0.2, 0.25) is 11.8 Å². The fourth-order valence-electron chi connectivity index (χ4n) is 3.90. The Morgan fingerprint density at radius 2 is 2.12 bits per heavy atom. The summed E-state index contributed by atoms with van der Waals surface area (Å²) in [6.07, 6.45) is 5.99. The number of nitrogens with zero attached hydrogens (tertiary/aromatic N) is 4. The average Bonchev–Trinajstić information content (AvgIpc) is 3.50. The van der Waals surface area contributed by atoms with Crippen molar-refractivity contribution in [2.24, 2.45) is 5.92 Å². The highest BCUT2D eigenvalue weighted by atomic mass is 16.5. The van der Waals surface area contributed by atoms with E-state index < -0.39 is 23.4 Å². The van der Waals surface area contributed by atoms with Crippen molar-refractivity contribution in [3.8, 4) is 5.88 Å². The Hall–Kier alpha value is -3.18. The molecule has 2 aromatic rings. The van der Waals surface area contributed by atoms with Crippen LogP contribution in [0.1, 0.15) is 42.6 Å². The lowest BCUT2D eigenvalue weighted by Crippen LogP contribution is -2.49. The highest BCUT2D eigenvalue weighted by Crippen LogP contribution is 2.23. The van der Waals surface area contributed by atoms with E-state index in [1.165, 1.54) is 27.8 Å². The molecule has 33 heavy (non-hydrogen) atoms. The summed E-state index contributed by atoms with van der Waals surface area (Å²) in [6, 6.07) is -0.397. The molecule has 1 aliphatic heterocycles. The predicted octanol–water partition coefficient (Wildman–Crippen LogP) is -0.0173. The lowest BCUT2D eigenvalue weighted by atomic mass is 10.2. The second kappa shape index (κ2) is 9.36. The Morgan fingerprint density at radius 3 is 2.79 bits per heavy atom. The van der Waals surface area contributed by atoms with Gasteiger partial charge in [0.25, 0.3) is 11.5 Å². The van der Waals surface area contributed by atoms with Gasteiger partial charge in [-0.3, -0.25) is 19.0 Å². The first-order valence-corrected chi connectivity index (χ1v) is 11.1. The summed E-state index contributed by atoms with van der Waals surface area (Å²) >= 11 is 0. The highest BCUT2D eigenvalue weighted by molar-refractivity contribution is 5.97. The van der Waals surface area contributed by atoms with Crippen LogP contribution in [0.5, 0.6) is 5.88 Å². The Balaban J connectivity index is 1.74. The van der Waals surface area contributed by atoms with Crippen LogP contribution in [-0.4, -0.2) is 79.6 Å². The smallest absolute Gasteiger partial charge is 0.270 e. The van der Waals surface area contributed by atoms with Gasteiger partial charge >= 0.3 is 0 Å². The molecule has 0 unspecified atom stereocenters. The fourth-order valence-corrected chi connectivity index (χ4v) is 3.90. The van der Waals surface area contributed by atoms with Crippen molar-refractivity contribution < 1.29 is 24.5 Å². The maximum Gasteiger partial charge on any atom is 0.270 e. The summed E-state index contributed by atoms with van der Waals surface area (Å²) in [6.45, 7) is 4.97. The summed E-state index contributed by atoms with van der Waals surface area (Å²) in [5.74, 6) is -1.39. The minimum absolute atomic E-state index is 0.0237. The molecule has 0 aromatic carbocycles. The van der Waals surface area contributed by atoms with Gasteiger partial charge in [-0.15, -0.1) is 0 Å². The van der Waals surface area contributed by atoms with Gasteiger partial charge in [-0.25, -0.2) is 0 Å². The maximum absolute atomic E-state index is 13.3. The summed E-state index contributed by atoms with van der Waals surface area (Å²) < 4.78 is 7.87. The quantitative estimate of drug-likeness (QED) is 0.495. The lowest BCUT2D eigenvalue weighted by Gasteiger charge is -2.33. The van der Waals surface area contributed by atoms with Crippen LogP contribution in [-0.2, 0) is 16.1 Å². The van der Waals surface area contributed by atoms with Crippen molar-refractivity contribution in [2.45, 2.75) is 45.3 Å². The first kappa shape index (κ1) is 23.0. The molecule has 2 amide bonds. The zero-order chi connectivity index (χ0) is 23.7. The zero-order valence-corrected chi connectivity index (χ0v) is 18.7. The van der Waals surface area contributed by atoms with Crippen molar-refractivity contribution in [2.75, 3.05) is 26.4 Å². The van der Waals surface area contributed by atoms with E-state index in [9.17, 15) is 24.6 Å². The van der Waals surface area contributed by atoms with E-state index >= 15 is 0 Å². The Bertz CT molecular complexity index is 1150. The number of hydrogen-bond acceptors (Lipinski definition) is 7. The average molecular weight is 460 g/mol. The molecule has 1 saturated carbocycles. The van der Waals surface area contributed by atoms with Gasteiger partial charge in [-0.1, -0.05) is 13.8 Å². The molecule has 3 heterocycles. The molecule has 0 bridgehead atoms. The number of carbonyl (C=O) groups is 2. The molecule has 3 N–H and O–H groups in total. The maximum atomic E-state index is 13.3. The van der Waals surface area contributed by atoms with Crippen LogP contribution in [0.2, 0.25) is 0 Å². The topological polar surface area (TPSA) is 138 Å². The third-order valence-corrected chi connectivity index (χ3v) is 5.72. The van der Waals surface area contributed by atoms with Gasteiger partial charge in [-0.05, 0) is 24.8 Å². The second-order valence-corrected chi connectivity index (χ2v) is 8.87. The molecule has 1 aliphatic carbocycles. The van der Waals surface area contributed by atoms with Crippen LogP contribution in [0.25, 0.3) is 11.7 Å². The predicted molar refractivity (Wildman–Crippen MR) is 119 cm³/mol. The van der Waals surface area contributed by atoms with Crippen molar-refractivity contribution in [3.63, 3.8) is 0 Å². The number of aliphatic hydroxyl groups is 1. The van der Waals surface area contributed by atoms with E-state index in [2.05, 4.69) is 10.4 Å². The standard InChI is InChI=1S/C22H29N5O6/c1-13(2)10-26-20-14(3-6-17(29)25-7-8-33-12-16(25)11-28)9-23-27(20)22(32)18(21(26)31)19(30)24-15-4-5-15/h3,6,9,13,15-16,28,32H,4-5,7-8,10-12H2,1-2H3,(H,24,30)/b6-3+/t16-/m1/s1. The van der Waals surface area contributed by atoms with E-state index in [4.69, 9.17) is 4.74 Å². The molecule has 0 spiro atoms. The van der Waals surface area contributed by atoms with Gasteiger partial charge in [0.15, 0.2) is 5.56 Å². The fraction of sp³-hybridized carbons (Fsp3) is 0.545. The highest BCUT2D eigenvalue weighted by Gasteiger charge is 2.30. The number of ether oxygens (including phenoxy) is 1. The number of aliphatic hydroxyl groups excluding tert-OH is 1. The molecule has 1 saturated heterocycles. The number of nitrogens with one attached hydrogen (secondary N) is 1. The Morgan fingerprint density at radius 1 is 1.36 bits per heavy atom. The third-order valence-electron chi connectivity index (χ3n) is 5.72. The summed E-state index contributed by atoms with van der Waals surface area (Å²) in [5, 5.41) is 27.2. The SMILES string of the molecule is CC(C)Cn1c(=O)c(C(=O)NC2CC2)c(O)n2ncc(/C=C/C(=O)N3CCOC[C@H]3CO)c12. The molecule has 2 fully saturated rings. The molecule has 2 aromatic heterocycles. The van der Waals surface area contributed by atoms with E-state index in [1.54, 1.807) is 0 Å². The first-order chi connectivity index (χ1) is 15.8. The monoisotopic (exact) mass is 459 g/mol. The number of rotatable bonds is 7. The van der Waals surface area contributed by atoms with Crippen LogP contribution in [0, 0.1) is 5.92 Å². The molecule has 11 heteroatoms. The molecule has 1 atom stereocenters. The number of aromatic nitrogens is 3. The Kier molecular flexibility index (Phi) is 6.52. The number of fused-ring (bicyclic) bond motifs is 1. The number of amides is 2. The number of aromatic hydroxyl groups is 1. The molecule has 0 radical (unpaired) electrons. The minimum Gasteiger partial charge on any atom is -0.492 e. The van der Waals surface area contributed by atoms with Crippen molar-refractivity contribution in [3.05, 3.63) is 33.8 Å². The number of carbonyl (C=O) groups excluding carboxylic acids is 2. The van der Waals surface area contributed by atoms with Crippen molar-refractivity contribution in [1.29, 1.82) is 0 Å². The largest absolute Gasteiger partial charge is 0.492 e. The lowest BCUT2D eigenvalue weighted by molar-refractivity contribution is -0.136. The van der Waals surface area contributed by atoms with E-state index in [0.717, 1.165) is 17.4 Å². The third kappa shape index (κ3) is 4.64. The molecular weight excluding hydrogens is 430 g/mol. The first-order valence-electron chi connectivity index (χ1n) is 11.1. The zero-order valence-electron chi connectivity index (χ0n) is 18.7. The van der Waals surface area contributed by atoms with Crippen molar-refractivity contribution >= 4 is 23.5 Å². The van der Waals surface area contributed by atoms with Crippen LogP contribution in [0.15, 0.2) is 17.1 Å². The molecule has 4 rings (SSSR count). The molecular formula is C22H29N5O6. The molecule has 178 valence electrons. The second-order valence-electron chi connectivity index (χ2n) is 8.87. The van der Waals surface area contributed by atoms with Crippen LogP contribution < -0.4 is 10.9 Å². The number of hydrogen-bond donors (Lipinski definition) is 3. The van der Waals surface area contributed by atoms with E-state index in [-0.39, 0.29) is 36.6 Å². The van der Waals surface area contributed by atoms with Gasteiger partial charge in [0.05, 0.1) is 32.1 Å². The number of morpholine rings is 1. The van der Waals surface area contributed by atoms with E-state index in [0.29, 0.717) is 30.9 Å². The van der Waals surface area contributed by atoms with Crippen LogP contribution in [0.4, 0.5) is 0 Å². The summed E-state index contributed by atoms with van der Waals surface area (Å²) in [4.78, 5) is 40.2. The molecule has 2 aliphatic rings. The van der Waals surface area contributed by atoms with Gasteiger partial charge in [0.1, 0.15) is 5.65 Å². The summed E-state index contributed by atoms with van der Waals surface area (Å²) in [7, 11) is 0. The van der Waals surface area contributed by atoms with Gasteiger partial charge < -0.3 is 25.2 Å². The normalized spacial score (nSPS) is 19.0. The van der Waals surface area contributed by atoms with Crippen molar-refractivity contribution in [1.82, 2.24) is 24.4 Å². The van der Waals surface area contributed by atoms with Gasteiger partial charge in [-0.2, -0.15) is 9.61 Å². The van der Waals surface area contributed by atoms with E-state index in [1.807, 2.05) is 13.8 Å². The Labute approximate surface area is 190 Å². The minimum atomic E-state index is -0.621. The van der Waals surface area contributed by atoms with Crippen LogP contribution >= 0.6 is 0 Å². The molecule has 11 nitrogen and oxygen atoms in total. The van der Waals surface area contributed by atoms with Gasteiger partial charge in [0, 0.05) is 30.8 Å².